The van der Waals surface area contributed by atoms with Crippen LogP contribution in [0.15, 0.2) is 18.3 Å². The van der Waals surface area contributed by atoms with Crippen molar-refractivity contribution in [1.29, 1.82) is 0 Å². The van der Waals surface area contributed by atoms with E-state index in [0.717, 1.165) is 12.3 Å². The number of nitrogens with one attached hydrogen (secondary N) is 2. The summed E-state index contributed by atoms with van der Waals surface area (Å²) in [7, 11) is 0. The number of rotatable bonds is 9. The second kappa shape index (κ2) is 12.6. The molecule has 0 fully saturated rings. The van der Waals surface area contributed by atoms with E-state index < -0.39 is 36.8 Å². The largest absolute Gasteiger partial charge is 0.471 e. The van der Waals surface area contributed by atoms with Crippen LogP contribution in [0.25, 0.3) is 0 Å². The second-order valence-electron chi connectivity index (χ2n) is 5.77. The summed E-state index contributed by atoms with van der Waals surface area (Å²) in [6.07, 6.45) is -2.75. The Hall–Kier alpha value is -1.85. The third-order valence-electron chi connectivity index (χ3n) is 3.20. The van der Waals surface area contributed by atoms with Gasteiger partial charge in [-0.2, -0.15) is 8.78 Å². The standard InChI is InChI=1S/C15H20F4N4O3.2ClH/c1-8(2)12(20)13(25)22-6-10(24)23-9-3-4-11(21-5-9)26-7-15(18,19)14(16)17;;/h3-5,8,12,14H,6-7,20H2,1-2H3,(H,22,25)(H,23,24);2*1H/t12-;;/m0../s1. The molecule has 1 atom stereocenters. The molecule has 0 radical (unpaired) electrons. The van der Waals surface area contributed by atoms with Crippen molar-refractivity contribution in [2.24, 2.45) is 11.7 Å². The minimum Gasteiger partial charge on any atom is -0.471 e. The number of carbonyl (C=O) groups is 2. The number of halogens is 6. The van der Waals surface area contributed by atoms with Gasteiger partial charge in [-0.25, -0.2) is 13.8 Å². The summed E-state index contributed by atoms with van der Waals surface area (Å²) in [6, 6.07) is 1.67. The molecule has 1 heterocycles. The predicted molar refractivity (Wildman–Crippen MR) is 99.6 cm³/mol. The van der Waals surface area contributed by atoms with Crippen molar-refractivity contribution in [1.82, 2.24) is 10.3 Å². The van der Waals surface area contributed by atoms with Crippen LogP contribution < -0.4 is 21.1 Å². The molecule has 0 aliphatic rings. The van der Waals surface area contributed by atoms with Crippen molar-refractivity contribution < 1.29 is 31.9 Å². The molecule has 162 valence electrons. The highest BCUT2D eigenvalue weighted by Gasteiger charge is 2.41. The Balaban J connectivity index is 0. The van der Waals surface area contributed by atoms with E-state index >= 15 is 0 Å². The molecule has 1 aromatic heterocycles. The Bertz CT molecular complexity index is 622. The lowest BCUT2D eigenvalue weighted by Gasteiger charge is -2.16. The molecule has 0 spiro atoms. The topological polar surface area (TPSA) is 106 Å². The summed E-state index contributed by atoms with van der Waals surface area (Å²) in [4.78, 5) is 27.0. The number of anilines is 1. The highest BCUT2D eigenvalue weighted by Crippen LogP contribution is 2.23. The number of pyridine rings is 1. The fourth-order valence-corrected chi connectivity index (χ4v) is 1.57. The molecule has 0 aliphatic heterocycles. The summed E-state index contributed by atoms with van der Waals surface area (Å²) < 4.78 is 54.0. The first-order valence-corrected chi connectivity index (χ1v) is 7.61. The van der Waals surface area contributed by atoms with Crippen molar-refractivity contribution >= 4 is 42.3 Å². The molecule has 0 bridgehead atoms. The van der Waals surface area contributed by atoms with Crippen LogP contribution in [0.2, 0.25) is 0 Å². The van der Waals surface area contributed by atoms with Crippen molar-refractivity contribution in [2.75, 3.05) is 18.5 Å². The normalized spacial score (nSPS) is 11.9. The smallest absolute Gasteiger partial charge is 0.340 e. The summed E-state index contributed by atoms with van der Waals surface area (Å²) in [5.41, 5.74) is 5.82. The second-order valence-corrected chi connectivity index (χ2v) is 5.77. The van der Waals surface area contributed by atoms with Crippen LogP contribution in [-0.4, -0.2) is 48.3 Å². The molecule has 13 heteroatoms. The zero-order valence-electron chi connectivity index (χ0n) is 15.0. The number of hydrogen-bond acceptors (Lipinski definition) is 5. The molecule has 0 saturated carbocycles. The van der Waals surface area contributed by atoms with Crippen molar-refractivity contribution in [2.45, 2.75) is 32.2 Å². The average Bonchev–Trinajstić information content (AvgIpc) is 2.58. The van der Waals surface area contributed by atoms with Gasteiger partial charge in [0.2, 0.25) is 17.7 Å². The van der Waals surface area contributed by atoms with Gasteiger partial charge in [0.25, 0.3) is 0 Å². The molecule has 1 rings (SSSR count). The van der Waals surface area contributed by atoms with Crippen LogP contribution in [0.5, 0.6) is 5.88 Å². The van der Waals surface area contributed by atoms with Gasteiger partial charge in [0.05, 0.1) is 24.5 Å². The van der Waals surface area contributed by atoms with Gasteiger partial charge in [-0.3, -0.25) is 9.59 Å². The number of nitrogens with two attached hydrogens (primary N) is 1. The summed E-state index contributed by atoms with van der Waals surface area (Å²) >= 11 is 0. The highest BCUT2D eigenvalue weighted by atomic mass is 35.5. The third kappa shape index (κ3) is 9.38. The minimum atomic E-state index is -4.29. The van der Waals surface area contributed by atoms with Gasteiger partial charge >= 0.3 is 12.3 Å². The van der Waals surface area contributed by atoms with Gasteiger partial charge in [-0.15, -0.1) is 24.8 Å². The zero-order valence-corrected chi connectivity index (χ0v) is 16.6. The van der Waals surface area contributed by atoms with Crippen LogP contribution in [0, 0.1) is 5.92 Å². The van der Waals surface area contributed by atoms with Gasteiger partial charge in [0.1, 0.15) is 0 Å². The van der Waals surface area contributed by atoms with Crippen molar-refractivity contribution in [3.05, 3.63) is 18.3 Å². The minimum absolute atomic E-state index is 0. The SMILES string of the molecule is CC(C)[C@H](N)C(=O)NCC(=O)Nc1ccc(OCC(F)(F)C(F)F)nc1.Cl.Cl. The van der Waals surface area contributed by atoms with E-state index in [1.54, 1.807) is 13.8 Å². The van der Waals surface area contributed by atoms with E-state index in [1.807, 2.05) is 0 Å². The molecule has 0 unspecified atom stereocenters. The summed E-state index contributed by atoms with van der Waals surface area (Å²) in [5.74, 6) is -5.72. The third-order valence-corrected chi connectivity index (χ3v) is 3.20. The molecule has 0 aromatic carbocycles. The molecular formula is C15H22Cl2F4N4O3. The number of aromatic nitrogens is 1. The Morgan fingerprint density at radius 2 is 1.86 bits per heavy atom. The summed E-state index contributed by atoms with van der Waals surface area (Å²) in [6.45, 7) is 1.68. The Kier molecular flexibility index (Phi) is 12.7. The molecule has 0 aliphatic carbocycles. The molecule has 4 N–H and O–H groups in total. The van der Waals surface area contributed by atoms with Crippen LogP contribution in [0.4, 0.5) is 23.2 Å². The maximum atomic E-state index is 12.7. The predicted octanol–water partition coefficient (Wildman–Crippen LogP) is 2.24. The monoisotopic (exact) mass is 452 g/mol. The molecule has 7 nitrogen and oxygen atoms in total. The van der Waals surface area contributed by atoms with Crippen LogP contribution in [-0.2, 0) is 9.59 Å². The first-order valence-electron chi connectivity index (χ1n) is 7.61. The van der Waals surface area contributed by atoms with Crippen LogP contribution in [0.3, 0.4) is 0 Å². The molecule has 0 saturated heterocycles. The Labute approximate surface area is 171 Å². The van der Waals surface area contributed by atoms with Gasteiger partial charge < -0.3 is 21.1 Å². The lowest BCUT2D eigenvalue weighted by Crippen LogP contribution is -2.46. The van der Waals surface area contributed by atoms with Gasteiger partial charge in [-0.05, 0) is 12.0 Å². The number of nitrogens with zero attached hydrogens (tertiary/aromatic N) is 1. The lowest BCUT2D eigenvalue weighted by molar-refractivity contribution is -0.148. The molecule has 2 amide bonds. The molecule has 1 aromatic rings. The number of hydrogen-bond donors (Lipinski definition) is 3. The maximum Gasteiger partial charge on any atom is 0.340 e. The fraction of sp³-hybridized carbons (Fsp3) is 0.533. The average molecular weight is 453 g/mol. The Morgan fingerprint density at radius 3 is 2.32 bits per heavy atom. The maximum absolute atomic E-state index is 12.7. The van der Waals surface area contributed by atoms with Gasteiger partial charge in [-0.1, -0.05) is 13.8 Å². The molecule has 28 heavy (non-hydrogen) atoms. The van der Waals surface area contributed by atoms with E-state index in [1.165, 1.54) is 6.07 Å². The quantitative estimate of drug-likeness (QED) is 0.498. The Morgan fingerprint density at radius 1 is 1.25 bits per heavy atom. The first-order chi connectivity index (χ1) is 12.0. The van der Waals surface area contributed by atoms with Crippen LogP contribution in [0.1, 0.15) is 13.8 Å². The lowest BCUT2D eigenvalue weighted by atomic mass is 10.1. The van der Waals surface area contributed by atoms with E-state index in [-0.39, 0.29) is 48.8 Å². The van der Waals surface area contributed by atoms with Crippen molar-refractivity contribution in [3.63, 3.8) is 0 Å². The highest BCUT2D eigenvalue weighted by molar-refractivity contribution is 5.95. The fourth-order valence-electron chi connectivity index (χ4n) is 1.57. The van der Waals surface area contributed by atoms with E-state index in [9.17, 15) is 27.2 Å². The van der Waals surface area contributed by atoms with Crippen molar-refractivity contribution in [3.8, 4) is 5.88 Å². The number of alkyl halides is 4. The van der Waals surface area contributed by atoms with E-state index in [2.05, 4.69) is 20.4 Å². The van der Waals surface area contributed by atoms with Gasteiger partial charge in [0.15, 0.2) is 6.61 Å². The molecular weight excluding hydrogens is 431 g/mol. The van der Waals surface area contributed by atoms with Crippen LogP contribution >= 0.6 is 24.8 Å². The first kappa shape index (κ1) is 28.4. The number of ether oxygens (including phenoxy) is 1. The number of amides is 2. The van der Waals surface area contributed by atoms with Gasteiger partial charge in [0, 0.05) is 6.07 Å². The number of carbonyl (C=O) groups excluding carboxylic acids is 2. The zero-order chi connectivity index (χ0) is 19.9. The summed E-state index contributed by atoms with van der Waals surface area (Å²) in [5, 5.41) is 4.77. The van der Waals surface area contributed by atoms with E-state index in [0.29, 0.717) is 0 Å². The van der Waals surface area contributed by atoms with E-state index in [4.69, 9.17) is 5.73 Å².